The van der Waals surface area contributed by atoms with Gasteiger partial charge >= 0.3 is 0 Å². The van der Waals surface area contributed by atoms with Crippen molar-refractivity contribution in [2.75, 3.05) is 27.4 Å². The van der Waals surface area contributed by atoms with Crippen LogP contribution in [-0.2, 0) is 9.47 Å². The molecule has 0 amide bonds. The summed E-state index contributed by atoms with van der Waals surface area (Å²) in [5.41, 5.74) is 3.74. The second kappa shape index (κ2) is 8.05. The van der Waals surface area contributed by atoms with Crippen LogP contribution in [0.25, 0.3) is 0 Å². The molecule has 3 N–H and O–H groups in total. The van der Waals surface area contributed by atoms with Crippen LogP contribution >= 0.6 is 0 Å². The average molecular weight is 254 g/mol. The van der Waals surface area contributed by atoms with Crippen molar-refractivity contribution in [3.05, 3.63) is 29.8 Å². The smallest absolute Gasteiger partial charge is 0.124 e. The molecule has 2 atom stereocenters. The van der Waals surface area contributed by atoms with E-state index in [0.29, 0.717) is 13.2 Å². The molecule has 0 aromatic heterocycles. The quantitative estimate of drug-likeness (QED) is 0.415. The van der Waals surface area contributed by atoms with Crippen LogP contribution in [0, 0.1) is 0 Å². The fraction of sp³-hybridized carbons (Fsp3) is 0.538. The first-order chi connectivity index (χ1) is 8.74. The molecule has 0 saturated heterocycles. The van der Waals surface area contributed by atoms with Crippen LogP contribution < -0.4 is 16.0 Å². The number of methoxy groups -OCH3 is 2. The summed E-state index contributed by atoms with van der Waals surface area (Å²) in [6.45, 7) is 3.01. The van der Waals surface area contributed by atoms with Crippen molar-refractivity contribution in [2.45, 2.75) is 19.1 Å². The Labute approximate surface area is 108 Å². The maximum Gasteiger partial charge on any atom is 0.124 e. The summed E-state index contributed by atoms with van der Waals surface area (Å²) in [6.07, 6.45) is -0.0535. The molecular weight excluding hydrogens is 232 g/mol. The predicted molar refractivity (Wildman–Crippen MR) is 70.3 cm³/mol. The molecule has 0 saturated carbocycles. The van der Waals surface area contributed by atoms with Crippen LogP contribution in [0.4, 0.5) is 0 Å². The SMILES string of the molecule is COCCOc1ccccc1C(NN)C(C)OC. The first-order valence-corrected chi connectivity index (χ1v) is 5.94. The molecule has 1 rings (SSSR count). The van der Waals surface area contributed by atoms with Gasteiger partial charge in [-0.15, -0.1) is 0 Å². The maximum atomic E-state index is 5.68. The molecule has 0 spiro atoms. The molecule has 0 radical (unpaired) electrons. The van der Waals surface area contributed by atoms with Crippen molar-refractivity contribution in [3.8, 4) is 5.75 Å². The first-order valence-electron chi connectivity index (χ1n) is 5.94. The van der Waals surface area contributed by atoms with Gasteiger partial charge in [-0.3, -0.25) is 11.3 Å². The largest absolute Gasteiger partial charge is 0.491 e. The van der Waals surface area contributed by atoms with Crippen molar-refractivity contribution in [1.29, 1.82) is 0 Å². The molecule has 5 heteroatoms. The van der Waals surface area contributed by atoms with E-state index in [1.54, 1.807) is 14.2 Å². The lowest BCUT2D eigenvalue weighted by Crippen LogP contribution is -2.36. The van der Waals surface area contributed by atoms with Crippen LogP contribution in [0.15, 0.2) is 24.3 Å². The van der Waals surface area contributed by atoms with Crippen molar-refractivity contribution in [3.63, 3.8) is 0 Å². The molecule has 2 unspecified atom stereocenters. The van der Waals surface area contributed by atoms with E-state index in [1.165, 1.54) is 0 Å². The van der Waals surface area contributed by atoms with Gasteiger partial charge in [0.15, 0.2) is 0 Å². The molecule has 1 aromatic rings. The normalized spacial score (nSPS) is 14.2. The lowest BCUT2D eigenvalue weighted by atomic mass is 10.0. The van der Waals surface area contributed by atoms with Gasteiger partial charge in [-0.1, -0.05) is 18.2 Å². The predicted octanol–water partition coefficient (Wildman–Crippen LogP) is 1.25. The van der Waals surface area contributed by atoms with Gasteiger partial charge in [0.05, 0.1) is 18.8 Å². The highest BCUT2D eigenvalue weighted by Gasteiger charge is 2.20. The number of ether oxygens (including phenoxy) is 3. The Balaban J connectivity index is 2.85. The molecule has 0 aliphatic heterocycles. The van der Waals surface area contributed by atoms with E-state index < -0.39 is 0 Å². The third-order valence-electron chi connectivity index (χ3n) is 2.82. The van der Waals surface area contributed by atoms with Crippen LogP contribution in [0.1, 0.15) is 18.5 Å². The van der Waals surface area contributed by atoms with E-state index in [9.17, 15) is 0 Å². The summed E-state index contributed by atoms with van der Waals surface area (Å²) >= 11 is 0. The third-order valence-corrected chi connectivity index (χ3v) is 2.82. The highest BCUT2D eigenvalue weighted by atomic mass is 16.5. The number of rotatable bonds is 8. The summed E-state index contributed by atoms with van der Waals surface area (Å²) < 4.78 is 16.0. The Morgan fingerprint density at radius 2 is 1.94 bits per heavy atom. The van der Waals surface area contributed by atoms with Crippen molar-refractivity contribution in [2.24, 2.45) is 5.84 Å². The second-order valence-electron chi connectivity index (χ2n) is 3.96. The van der Waals surface area contributed by atoms with Crippen molar-refractivity contribution < 1.29 is 14.2 Å². The number of hydrogen-bond donors (Lipinski definition) is 2. The van der Waals surface area contributed by atoms with Gasteiger partial charge < -0.3 is 14.2 Å². The van der Waals surface area contributed by atoms with Gasteiger partial charge in [0.25, 0.3) is 0 Å². The van der Waals surface area contributed by atoms with E-state index in [2.05, 4.69) is 5.43 Å². The molecule has 0 fully saturated rings. The van der Waals surface area contributed by atoms with Crippen LogP contribution in [0.3, 0.4) is 0 Å². The standard InChI is InChI=1S/C13H22N2O3/c1-10(17-3)13(15-14)11-6-4-5-7-12(11)18-9-8-16-2/h4-7,10,13,15H,8-9,14H2,1-3H3. The Morgan fingerprint density at radius 1 is 1.22 bits per heavy atom. The maximum absolute atomic E-state index is 5.68. The lowest BCUT2D eigenvalue weighted by molar-refractivity contribution is 0.0811. The Kier molecular flexibility index (Phi) is 6.67. The summed E-state index contributed by atoms with van der Waals surface area (Å²) in [4.78, 5) is 0. The zero-order chi connectivity index (χ0) is 13.4. The molecule has 18 heavy (non-hydrogen) atoms. The Bertz CT molecular complexity index is 347. The Morgan fingerprint density at radius 3 is 2.56 bits per heavy atom. The third kappa shape index (κ3) is 3.96. The summed E-state index contributed by atoms with van der Waals surface area (Å²) in [7, 11) is 3.30. The van der Waals surface area contributed by atoms with E-state index in [4.69, 9.17) is 20.1 Å². The minimum Gasteiger partial charge on any atom is -0.491 e. The molecule has 1 aromatic carbocycles. The number of nitrogens with two attached hydrogens (primary N) is 1. The first kappa shape index (κ1) is 14.9. The lowest BCUT2D eigenvalue weighted by Gasteiger charge is -2.24. The van der Waals surface area contributed by atoms with Crippen LogP contribution in [-0.4, -0.2) is 33.5 Å². The van der Waals surface area contributed by atoms with E-state index in [0.717, 1.165) is 11.3 Å². The van der Waals surface area contributed by atoms with Gasteiger partial charge in [-0.05, 0) is 13.0 Å². The summed E-state index contributed by atoms with van der Waals surface area (Å²) in [5.74, 6) is 6.39. The summed E-state index contributed by atoms with van der Waals surface area (Å²) in [6, 6.07) is 7.65. The highest BCUT2D eigenvalue weighted by Crippen LogP contribution is 2.27. The summed E-state index contributed by atoms with van der Waals surface area (Å²) in [5, 5.41) is 0. The van der Waals surface area contributed by atoms with Crippen LogP contribution in [0.5, 0.6) is 5.75 Å². The zero-order valence-electron chi connectivity index (χ0n) is 11.2. The number of nitrogens with one attached hydrogen (secondary N) is 1. The molecule has 0 heterocycles. The Hall–Kier alpha value is -1.14. The van der Waals surface area contributed by atoms with Gasteiger partial charge in [0, 0.05) is 19.8 Å². The van der Waals surface area contributed by atoms with E-state index in [-0.39, 0.29) is 12.1 Å². The van der Waals surface area contributed by atoms with Gasteiger partial charge in [0.2, 0.25) is 0 Å². The number of hydrazine groups is 1. The van der Waals surface area contributed by atoms with Gasteiger partial charge in [-0.2, -0.15) is 0 Å². The topological polar surface area (TPSA) is 65.7 Å². The average Bonchev–Trinajstić information content (AvgIpc) is 2.41. The number of para-hydroxylation sites is 1. The minimum atomic E-state index is -0.117. The van der Waals surface area contributed by atoms with E-state index in [1.807, 2.05) is 31.2 Å². The molecule has 0 aliphatic rings. The number of benzene rings is 1. The van der Waals surface area contributed by atoms with Gasteiger partial charge in [-0.25, -0.2) is 0 Å². The number of hydrogen-bond acceptors (Lipinski definition) is 5. The molecule has 102 valence electrons. The molecule has 5 nitrogen and oxygen atoms in total. The molecule has 0 bridgehead atoms. The molecular formula is C13H22N2O3. The van der Waals surface area contributed by atoms with Crippen molar-refractivity contribution in [1.82, 2.24) is 5.43 Å². The van der Waals surface area contributed by atoms with E-state index >= 15 is 0 Å². The monoisotopic (exact) mass is 254 g/mol. The zero-order valence-corrected chi connectivity index (χ0v) is 11.2. The van der Waals surface area contributed by atoms with Crippen LogP contribution in [0.2, 0.25) is 0 Å². The fourth-order valence-electron chi connectivity index (χ4n) is 1.72. The fourth-order valence-corrected chi connectivity index (χ4v) is 1.72. The van der Waals surface area contributed by atoms with Crippen molar-refractivity contribution >= 4 is 0 Å². The second-order valence-corrected chi connectivity index (χ2v) is 3.96. The minimum absolute atomic E-state index is 0.0535. The highest BCUT2D eigenvalue weighted by molar-refractivity contribution is 5.36. The molecule has 0 aliphatic carbocycles. The van der Waals surface area contributed by atoms with Gasteiger partial charge in [0.1, 0.15) is 12.4 Å².